The summed E-state index contributed by atoms with van der Waals surface area (Å²) in [5, 5.41) is 12.3. The number of carboxylic acid groups (broad SMARTS) is 1. The molecule has 1 saturated carbocycles. The second-order valence-corrected chi connectivity index (χ2v) is 10.5. The van der Waals surface area contributed by atoms with Gasteiger partial charge < -0.3 is 19.9 Å². The molecule has 0 aliphatic heterocycles. The quantitative estimate of drug-likeness (QED) is 0.395. The van der Waals surface area contributed by atoms with E-state index in [0.717, 1.165) is 24.8 Å². The van der Waals surface area contributed by atoms with Crippen LogP contribution in [0.5, 0.6) is 0 Å². The van der Waals surface area contributed by atoms with Crippen LogP contribution in [-0.2, 0) is 30.5 Å². The maximum Gasteiger partial charge on any atom is 0.309 e. The zero-order valence-electron chi connectivity index (χ0n) is 21.1. The molecule has 0 heterocycles. The van der Waals surface area contributed by atoms with E-state index in [1.165, 1.54) is 0 Å². The smallest absolute Gasteiger partial charge is 0.309 e. The van der Waals surface area contributed by atoms with Crippen molar-refractivity contribution in [3.8, 4) is 0 Å². The Hall–Kier alpha value is -2.41. The first kappa shape index (κ1) is 27.8. The molecule has 2 N–H and O–H groups in total. The zero-order chi connectivity index (χ0) is 25.2. The van der Waals surface area contributed by atoms with Crippen LogP contribution in [0.1, 0.15) is 84.6 Å². The Morgan fingerprint density at radius 3 is 2.32 bits per heavy atom. The molecule has 1 amide bonds. The molecule has 0 unspecified atom stereocenters. The van der Waals surface area contributed by atoms with Gasteiger partial charge >= 0.3 is 11.9 Å². The van der Waals surface area contributed by atoms with Gasteiger partial charge in [-0.2, -0.15) is 0 Å². The molecule has 0 saturated heterocycles. The average molecular weight is 476 g/mol. The number of aliphatic carboxylic acids is 1. The lowest BCUT2D eigenvalue weighted by molar-refractivity contribution is -0.162. The van der Waals surface area contributed by atoms with Gasteiger partial charge in [0, 0.05) is 0 Å². The third-order valence-electron chi connectivity index (χ3n) is 6.24. The van der Waals surface area contributed by atoms with Gasteiger partial charge in [-0.05, 0) is 52.0 Å². The topological polar surface area (TPSA) is 102 Å². The van der Waals surface area contributed by atoms with E-state index in [9.17, 15) is 19.5 Å². The number of carboxylic acids is 1. The average Bonchev–Trinajstić information content (AvgIpc) is 3.22. The molecule has 0 aromatic heterocycles. The Bertz CT molecular complexity index is 795. The maximum atomic E-state index is 13.5. The molecular weight excluding hydrogens is 434 g/mol. The summed E-state index contributed by atoms with van der Waals surface area (Å²) in [5.41, 5.74) is -0.293. The number of amides is 1. The summed E-state index contributed by atoms with van der Waals surface area (Å²) >= 11 is 0. The number of benzene rings is 1. The third kappa shape index (κ3) is 9.09. The number of esters is 1. The van der Waals surface area contributed by atoms with E-state index in [1.54, 1.807) is 0 Å². The molecule has 2 atom stereocenters. The lowest BCUT2D eigenvalue weighted by Crippen LogP contribution is -2.48. The SMILES string of the molecule is CCC[C@@H](CC1(C(=O)N[C@H](COCc2ccccc2)CC(=O)O)CCCC1)C(=O)OC(C)(C)C. The summed E-state index contributed by atoms with van der Waals surface area (Å²) in [7, 11) is 0. The molecule has 1 fully saturated rings. The van der Waals surface area contributed by atoms with Gasteiger partial charge in [0.05, 0.1) is 37.0 Å². The molecule has 1 aliphatic rings. The minimum atomic E-state index is -0.994. The predicted octanol–water partition coefficient (Wildman–Crippen LogP) is 4.87. The number of hydrogen-bond acceptors (Lipinski definition) is 5. The van der Waals surface area contributed by atoms with E-state index < -0.39 is 23.0 Å². The van der Waals surface area contributed by atoms with Gasteiger partial charge in [-0.1, -0.05) is 56.5 Å². The fourth-order valence-electron chi connectivity index (χ4n) is 4.68. The summed E-state index contributed by atoms with van der Waals surface area (Å²) in [4.78, 5) is 37.9. The minimum absolute atomic E-state index is 0.105. The van der Waals surface area contributed by atoms with Gasteiger partial charge in [-0.15, -0.1) is 0 Å². The first-order valence-electron chi connectivity index (χ1n) is 12.4. The van der Waals surface area contributed by atoms with Crippen LogP contribution in [0.15, 0.2) is 30.3 Å². The number of hydrogen-bond donors (Lipinski definition) is 2. The zero-order valence-corrected chi connectivity index (χ0v) is 21.1. The lowest BCUT2D eigenvalue weighted by Gasteiger charge is -2.33. The Kier molecular flexibility index (Phi) is 10.5. The number of rotatable bonds is 13. The summed E-state index contributed by atoms with van der Waals surface area (Å²) in [6, 6.07) is 8.97. The molecule has 34 heavy (non-hydrogen) atoms. The highest BCUT2D eigenvalue weighted by atomic mass is 16.6. The van der Waals surface area contributed by atoms with Crippen molar-refractivity contribution < 1.29 is 29.0 Å². The van der Waals surface area contributed by atoms with Gasteiger partial charge in [0.15, 0.2) is 0 Å². The molecule has 7 nitrogen and oxygen atoms in total. The van der Waals surface area contributed by atoms with Crippen molar-refractivity contribution in [2.24, 2.45) is 11.3 Å². The Morgan fingerprint density at radius 1 is 1.12 bits per heavy atom. The molecular formula is C27H41NO6. The Labute approximate surface area is 203 Å². The molecule has 0 radical (unpaired) electrons. The Balaban J connectivity index is 2.09. The summed E-state index contributed by atoms with van der Waals surface area (Å²) in [5.74, 6) is -1.79. The molecule has 0 bridgehead atoms. The molecule has 1 aliphatic carbocycles. The van der Waals surface area contributed by atoms with Gasteiger partial charge in [-0.25, -0.2) is 0 Å². The molecule has 1 aromatic rings. The number of nitrogens with one attached hydrogen (secondary N) is 1. The molecule has 190 valence electrons. The summed E-state index contributed by atoms with van der Waals surface area (Å²) < 4.78 is 11.4. The van der Waals surface area contributed by atoms with Crippen LogP contribution in [0.2, 0.25) is 0 Å². The largest absolute Gasteiger partial charge is 0.481 e. The number of carbonyl (C=O) groups excluding carboxylic acids is 2. The van der Waals surface area contributed by atoms with E-state index in [0.29, 0.717) is 32.3 Å². The monoisotopic (exact) mass is 475 g/mol. The fraction of sp³-hybridized carbons (Fsp3) is 0.667. The normalized spacial score (nSPS) is 17.1. The van der Waals surface area contributed by atoms with Crippen molar-refractivity contribution in [1.82, 2.24) is 5.32 Å². The molecule has 0 spiro atoms. The fourth-order valence-corrected chi connectivity index (χ4v) is 4.68. The highest BCUT2D eigenvalue weighted by Crippen LogP contribution is 2.45. The second-order valence-electron chi connectivity index (χ2n) is 10.5. The third-order valence-corrected chi connectivity index (χ3v) is 6.24. The van der Waals surface area contributed by atoms with Gasteiger partial charge in [0.1, 0.15) is 5.60 Å². The van der Waals surface area contributed by atoms with Gasteiger partial charge in [0.2, 0.25) is 5.91 Å². The maximum absolute atomic E-state index is 13.5. The van der Waals surface area contributed by atoms with E-state index in [2.05, 4.69) is 5.32 Å². The summed E-state index contributed by atoms with van der Waals surface area (Å²) in [6.07, 6.45) is 4.87. The van der Waals surface area contributed by atoms with Crippen molar-refractivity contribution in [2.75, 3.05) is 6.61 Å². The lowest BCUT2D eigenvalue weighted by atomic mass is 9.75. The Morgan fingerprint density at radius 2 is 1.76 bits per heavy atom. The van der Waals surface area contributed by atoms with Gasteiger partial charge in [0.25, 0.3) is 0 Å². The van der Waals surface area contributed by atoms with Gasteiger partial charge in [-0.3, -0.25) is 14.4 Å². The highest BCUT2D eigenvalue weighted by molar-refractivity contribution is 5.85. The minimum Gasteiger partial charge on any atom is -0.481 e. The van der Waals surface area contributed by atoms with Crippen LogP contribution in [-0.4, -0.2) is 41.2 Å². The highest BCUT2D eigenvalue weighted by Gasteiger charge is 2.45. The summed E-state index contributed by atoms with van der Waals surface area (Å²) in [6.45, 7) is 8.00. The van der Waals surface area contributed by atoms with Crippen molar-refractivity contribution in [3.05, 3.63) is 35.9 Å². The number of ether oxygens (including phenoxy) is 2. The van der Waals surface area contributed by atoms with Crippen molar-refractivity contribution >= 4 is 17.8 Å². The van der Waals surface area contributed by atoms with Crippen LogP contribution < -0.4 is 5.32 Å². The standard InChI is InChI=1S/C27H41NO6/c1-5-11-21(24(31)34-26(2,3)4)17-27(14-9-10-15-27)25(32)28-22(16-23(29)30)19-33-18-20-12-7-6-8-13-20/h6-8,12-13,21-22H,5,9-11,14-19H2,1-4H3,(H,28,32)(H,29,30)/t21-,22-/m0/s1. The molecule has 1 aromatic carbocycles. The number of carbonyl (C=O) groups is 3. The van der Waals surface area contributed by atoms with E-state index in [4.69, 9.17) is 9.47 Å². The van der Waals surface area contributed by atoms with E-state index in [1.807, 2.05) is 58.0 Å². The van der Waals surface area contributed by atoms with Crippen LogP contribution >= 0.6 is 0 Å². The van der Waals surface area contributed by atoms with Crippen LogP contribution in [0, 0.1) is 11.3 Å². The van der Waals surface area contributed by atoms with Crippen LogP contribution in [0.3, 0.4) is 0 Å². The van der Waals surface area contributed by atoms with Crippen molar-refractivity contribution in [1.29, 1.82) is 0 Å². The second kappa shape index (κ2) is 12.9. The van der Waals surface area contributed by atoms with Crippen LogP contribution in [0.25, 0.3) is 0 Å². The van der Waals surface area contributed by atoms with E-state index >= 15 is 0 Å². The predicted molar refractivity (Wildman–Crippen MR) is 130 cm³/mol. The molecule has 2 rings (SSSR count). The van der Waals surface area contributed by atoms with Crippen molar-refractivity contribution in [2.45, 2.75) is 97.3 Å². The van der Waals surface area contributed by atoms with Crippen LogP contribution in [0.4, 0.5) is 0 Å². The molecule has 7 heteroatoms. The first-order valence-corrected chi connectivity index (χ1v) is 12.4. The van der Waals surface area contributed by atoms with Crippen molar-refractivity contribution in [3.63, 3.8) is 0 Å². The van der Waals surface area contributed by atoms with E-state index in [-0.39, 0.29) is 30.8 Å². The first-order chi connectivity index (χ1) is 16.0.